The highest BCUT2D eigenvalue weighted by Crippen LogP contribution is 2.32. The van der Waals surface area contributed by atoms with Crippen LogP contribution in [0.1, 0.15) is 5.56 Å². The van der Waals surface area contributed by atoms with Gasteiger partial charge >= 0.3 is 10.4 Å². The lowest BCUT2D eigenvalue weighted by Crippen LogP contribution is -2.16. The summed E-state index contributed by atoms with van der Waals surface area (Å²) in [5.74, 6) is -1.13. The zero-order valence-electron chi connectivity index (χ0n) is 24.5. The van der Waals surface area contributed by atoms with Crippen molar-refractivity contribution >= 4 is 92.4 Å². The zero-order valence-corrected chi connectivity index (χ0v) is 28.5. The first kappa shape index (κ1) is 37.4. The molecule has 4 rings (SSSR count). The minimum atomic E-state index is -5.05. The highest BCUT2D eigenvalue weighted by molar-refractivity contribution is 7.91. The van der Waals surface area contributed by atoms with Crippen LogP contribution < -0.4 is 16.4 Å². The normalized spacial score (nSPS) is 12.7. The van der Waals surface area contributed by atoms with Crippen LogP contribution in [0.5, 0.6) is 0 Å². The van der Waals surface area contributed by atoms with Crippen molar-refractivity contribution in [2.24, 2.45) is 10.2 Å². The van der Waals surface area contributed by atoms with Gasteiger partial charge in [0.1, 0.15) is 16.3 Å². The van der Waals surface area contributed by atoms with Crippen LogP contribution >= 0.6 is 11.6 Å². The number of sulfone groups is 1. The Morgan fingerprint density at radius 3 is 1.88 bits per heavy atom. The quantitative estimate of drug-likeness (QED) is 0.0643. The number of azo groups is 1. The molecular formula is C24H23ClN8O12S4. The lowest BCUT2D eigenvalue weighted by Gasteiger charge is -2.11. The van der Waals surface area contributed by atoms with Crippen molar-refractivity contribution in [2.45, 2.75) is 21.6 Å². The average Bonchev–Trinajstić information content (AvgIpc) is 2.95. The molecule has 4 aromatic rings. The number of benzene rings is 3. The molecule has 0 unspecified atom stereocenters. The molecule has 0 saturated heterocycles. The zero-order chi connectivity index (χ0) is 36.4. The van der Waals surface area contributed by atoms with Crippen LogP contribution in [0.2, 0.25) is 5.28 Å². The van der Waals surface area contributed by atoms with E-state index in [1.165, 1.54) is 43.3 Å². The van der Waals surface area contributed by atoms with Crippen LogP contribution in [0.3, 0.4) is 0 Å². The van der Waals surface area contributed by atoms with Gasteiger partial charge in [-0.2, -0.15) is 40.2 Å². The summed E-state index contributed by atoms with van der Waals surface area (Å²) in [6, 6.07) is 10.7. The lowest BCUT2D eigenvalue weighted by atomic mass is 10.2. The molecule has 25 heteroatoms. The van der Waals surface area contributed by atoms with Gasteiger partial charge < -0.3 is 16.4 Å². The van der Waals surface area contributed by atoms with Gasteiger partial charge in [0.2, 0.25) is 17.2 Å². The fourth-order valence-electron chi connectivity index (χ4n) is 3.85. The fourth-order valence-corrected chi connectivity index (χ4v) is 7.00. The van der Waals surface area contributed by atoms with Gasteiger partial charge in [0.05, 0.1) is 27.8 Å². The van der Waals surface area contributed by atoms with E-state index in [1.807, 2.05) is 0 Å². The van der Waals surface area contributed by atoms with E-state index in [-0.39, 0.29) is 39.1 Å². The first-order valence-corrected chi connectivity index (χ1v) is 19.2. The number of nitrogen functional groups attached to an aromatic ring is 1. The predicted octanol–water partition coefficient (Wildman–Crippen LogP) is 3.40. The Kier molecular flexibility index (Phi) is 10.9. The van der Waals surface area contributed by atoms with Gasteiger partial charge in [0.25, 0.3) is 20.2 Å². The van der Waals surface area contributed by atoms with E-state index >= 15 is 0 Å². The minimum Gasteiger partial charge on any atom is -0.397 e. The highest BCUT2D eigenvalue weighted by Gasteiger charge is 2.23. The second-order valence-electron chi connectivity index (χ2n) is 9.60. The number of rotatable bonds is 13. The molecule has 49 heavy (non-hydrogen) atoms. The van der Waals surface area contributed by atoms with Crippen LogP contribution in [0.4, 0.5) is 40.3 Å². The average molecular weight is 779 g/mol. The van der Waals surface area contributed by atoms with Gasteiger partial charge in [-0.05, 0) is 72.6 Å². The standard InChI is InChI=1S/C24H23ClN8O12S4/c1-13-2-3-15(11-20(13)47(36,37)38)28-24-30-22(25)29-23(31-24)27-14-4-6-18(17(26)10-14)32-33-19-7-5-16(12-21(19)48(39,40)41)46(34,35)9-8-45-49(42,43)44/h2-7,10-12H,8-9,26H2,1H3,(H,36,37,38)(H,39,40,41)(H,42,43,44)(H2,27,28,29,30,31)/b33-32+. The smallest absolute Gasteiger partial charge is 0.397 e. The molecule has 0 saturated carbocycles. The minimum absolute atomic E-state index is 0.00362. The van der Waals surface area contributed by atoms with Crippen LogP contribution in [0.25, 0.3) is 0 Å². The van der Waals surface area contributed by atoms with Gasteiger partial charge in [-0.3, -0.25) is 13.7 Å². The lowest BCUT2D eigenvalue weighted by molar-refractivity contribution is 0.284. The van der Waals surface area contributed by atoms with Crippen LogP contribution in [0, 0.1) is 6.92 Å². The van der Waals surface area contributed by atoms with Crippen molar-refractivity contribution in [3.8, 4) is 0 Å². The largest absolute Gasteiger partial charge is 0.397 e. The summed E-state index contributed by atoms with van der Waals surface area (Å²) in [6.07, 6.45) is 0. The van der Waals surface area contributed by atoms with Crippen LogP contribution in [0.15, 0.2) is 79.5 Å². The maximum Gasteiger partial charge on any atom is 0.397 e. The molecule has 0 fully saturated rings. The monoisotopic (exact) mass is 778 g/mol. The Morgan fingerprint density at radius 2 is 1.31 bits per heavy atom. The first-order valence-electron chi connectivity index (χ1n) is 12.9. The predicted molar refractivity (Wildman–Crippen MR) is 173 cm³/mol. The Bertz CT molecular complexity index is 2410. The second kappa shape index (κ2) is 14.2. The fraction of sp³-hybridized carbons (Fsp3) is 0.125. The van der Waals surface area contributed by atoms with Crippen molar-refractivity contribution in [3.63, 3.8) is 0 Å². The molecule has 0 aliphatic rings. The number of aromatic nitrogens is 3. The Morgan fingerprint density at radius 1 is 0.755 bits per heavy atom. The number of hydrogen-bond donors (Lipinski definition) is 6. The molecule has 7 N–H and O–H groups in total. The molecule has 262 valence electrons. The third kappa shape index (κ3) is 10.3. The number of anilines is 5. The molecule has 0 spiro atoms. The van der Waals surface area contributed by atoms with E-state index in [0.29, 0.717) is 17.3 Å². The molecule has 20 nitrogen and oxygen atoms in total. The summed E-state index contributed by atoms with van der Waals surface area (Å²) in [4.78, 5) is 10.1. The van der Waals surface area contributed by atoms with Crippen LogP contribution in [-0.4, -0.2) is 74.6 Å². The Balaban J connectivity index is 1.54. The summed E-state index contributed by atoms with van der Waals surface area (Å²) in [7, 11) is -18.8. The maximum atomic E-state index is 12.5. The first-order chi connectivity index (χ1) is 22.6. The van der Waals surface area contributed by atoms with E-state index in [0.717, 1.165) is 12.1 Å². The molecule has 1 heterocycles. The van der Waals surface area contributed by atoms with Crippen LogP contribution in [-0.2, 0) is 44.7 Å². The van der Waals surface area contributed by atoms with Gasteiger partial charge in [0, 0.05) is 11.4 Å². The van der Waals surface area contributed by atoms with Crippen molar-refractivity contribution in [3.05, 3.63) is 65.4 Å². The van der Waals surface area contributed by atoms with Gasteiger partial charge in [0.15, 0.2) is 9.84 Å². The number of nitrogens with zero attached hydrogens (tertiary/aromatic N) is 5. The Labute approximate surface area is 283 Å². The molecule has 0 amide bonds. The van der Waals surface area contributed by atoms with Gasteiger partial charge in [-0.1, -0.05) is 6.07 Å². The third-order valence-electron chi connectivity index (χ3n) is 6.03. The molecule has 0 atom stereocenters. The van der Waals surface area contributed by atoms with E-state index in [9.17, 15) is 42.8 Å². The SMILES string of the molecule is Cc1ccc(Nc2nc(Cl)nc(Nc3ccc(/N=N/c4ccc(S(=O)(=O)CCOS(=O)(=O)O)cc4S(=O)(=O)O)c(N)c3)n2)cc1S(=O)(=O)O. The summed E-state index contributed by atoms with van der Waals surface area (Å²) in [5.41, 5.74) is 6.42. The molecule has 3 aromatic carbocycles. The number of halogens is 1. The topological polar surface area (TPSA) is 320 Å². The number of hydrogen-bond acceptors (Lipinski definition) is 17. The number of nitrogens with two attached hydrogens (primary N) is 1. The number of nitrogens with one attached hydrogen (secondary N) is 2. The van der Waals surface area contributed by atoms with Gasteiger partial charge in [-0.25, -0.2) is 12.6 Å². The Hall–Kier alpha value is -4.40. The molecule has 0 aliphatic carbocycles. The van der Waals surface area contributed by atoms with Gasteiger partial charge in [-0.15, -0.1) is 10.2 Å². The van der Waals surface area contributed by atoms with E-state index < -0.39 is 68.3 Å². The molecule has 0 radical (unpaired) electrons. The molecule has 1 aromatic heterocycles. The van der Waals surface area contributed by atoms with Crippen molar-refractivity contribution in [1.29, 1.82) is 0 Å². The van der Waals surface area contributed by atoms with E-state index in [2.05, 4.69) is 40.0 Å². The molecule has 0 bridgehead atoms. The number of aryl methyl sites for hydroxylation is 1. The molecule has 0 aliphatic heterocycles. The molecular weight excluding hydrogens is 756 g/mol. The summed E-state index contributed by atoms with van der Waals surface area (Å²) >= 11 is 6.02. The van der Waals surface area contributed by atoms with Crippen molar-refractivity contribution < 1.29 is 51.5 Å². The maximum absolute atomic E-state index is 12.5. The van der Waals surface area contributed by atoms with E-state index in [4.69, 9.17) is 21.9 Å². The summed E-state index contributed by atoms with van der Waals surface area (Å²) in [5, 5.41) is 13.0. The van der Waals surface area contributed by atoms with Crippen molar-refractivity contribution in [1.82, 2.24) is 15.0 Å². The highest BCUT2D eigenvalue weighted by atomic mass is 35.5. The third-order valence-corrected chi connectivity index (χ3v) is 10.2. The summed E-state index contributed by atoms with van der Waals surface area (Å²) < 4.78 is 125. The summed E-state index contributed by atoms with van der Waals surface area (Å²) in [6.45, 7) is 0.524. The van der Waals surface area contributed by atoms with Crippen molar-refractivity contribution in [2.75, 3.05) is 28.7 Å². The van der Waals surface area contributed by atoms with E-state index in [1.54, 1.807) is 0 Å². The second-order valence-corrected chi connectivity index (χ2v) is 15.9.